The first kappa shape index (κ1) is 35.7. The highest BCUT2D eigenvalue weighted by atomic mass is 35.5. The van der Waals surface area contributed by atoms with Crippen LogP contribution in [-0.2, 0) is 21.4 Å². The third kappa shape index (κ3) is 8.49. The molecule has 1 aliphatic heterocycles. The van der Waals surface area contributed by atoms with Gasteiger partial charge in [0.25, 0.3) is 10.0 Å². The van der Waals surface area contributed by atoms with Crippen LogP contribution in [0.25, 0.3) is 22.1 Å². The van der Waals surface area contributed by atoms with Crippen LogP contribution >= 0.6 is 23.4 Å². The van der Waals surface area contributed by atoms with E-state index in [9.17, 15) is 8.42 Å². The van der Waals surface area contributed by atoms with Gasteiger partial charge in [-0.15, -0.1) is 11.8 Å². The number of benzene rings is 5. The average molecular weight is 755 g/mol. The molecule has 2 heterocycles. The number of rotatable bonds is 14. The molecule has 0 spiro atoms. The highest BCUT2D eigenvalue weighted by molar-refractivity contribution is 7.99. The average Bonchev–Trinajstić information content (AvgIpc) is 3.56. The van der Waals surface area contributed by atoms with Crippen molar-refractivity contribution in [3.05, 3.63) is 126 Å². The summed E-state index contributed by atoms with van der Waals surface area (Å²) in [6.45, 7) is 5.01. The van der Waals surface area contributed by atoms with Crippen LogP contribution in [0.15, 0.2) is 130 Å². The van der Waals surface area contributed by atoms with Gasteiger partial charge in [-0.25, -0.2) is 8.42 Å². The Morgan fingerprint density at radius 2 is 1.63 bits per heavy atom. The molecule has 52 heavy (non-hydrogen) atoms. The van der Waals surface area contributed by atoms with Crippen molar-refractivity contribution in [2.75, 3.05) is 66.0 Å². The minimum Gasteiger partial charge on any atom is -0.382 e. The Kier molecular flexibility index (Phi) is 11.2. The van der Waals surface area contributed by atoms with E-state index in [1.807, 2.05) is 48.5 Å². The molecule has 268 valence electrons. The molecule has 0 saturated carbocycles. The summed E-state index contributed by atoms with van der Waals surface area (Å²) < 4.78 is 35.3. The maximum atomic E-state index is 13.5. The van der Waals surface area contributed by atoms with Crippen molar-refractivity contribution in [3.8, 4) is 11.1 Å². The minimum atomic E-state index is -4.00. The van der Waals surface area contributed by atoms with Crippen molar-refractivity contribution in [3.63, 3.8) is 0 Å². The summed E-state index contributed by atoms with van der Waals surface area (Å²) in [6, 6.07) is 37.2. The number of hydrogen-bond donors (Lipinski definition) is 3. The van der Waals surface area contributed by atoms with Gasteiger partial charge < -0.3 is 14.7 Å². The molecule has 0 bridgehead atoms. The summed E-state index contributed by atoms with van der Waals surface area (Å²) in [5.74, 6) is 0.961. The van der Waals surface area contributed by atoms with Crippen LogP contribution in [0, 0.1) is 0 Å². The number of aromatic nitrogens is 1. The molecule has 5 aromatic carbocycles. The first-order valence-corrected chi connectivity index (χ1v) is 19.8. The van der Waals surface area contributed by atoms with Crippen molar-refractivity contribution in [2.45, 2.75) is 16.3 Å². The van der Waals surface area contributed by atoms with Crippen LogP contribution in [0.2, 0.25) is 5.02 Å². The molecule has 10 nitrogen and oxygen atoms in total. The second-order valence-electron chi connectivity index (χ2n) is 12.3. The molecule has 0 amide bonds. The van der Waals surface area contributed by atoms with E-state index in [2.05, 4.69) is 79.0 Å². The summed E-state index contributed by atoms with van der Waals surface area (Å²) in [5, 5.41) is 8.75. The molecule has 7 rings (SSSR count). The van der Waals surface area contributed by atoms with Crippen molar-refractivity contribution >= 4 is 67.2 Å². The Morgan fingerprint density at radius 1 is 0.865 bits per heavy atom. The lowest BCUT2D eigenvalue weighted by atomic mass is 9.99. The molecule has 1 aliphatic rings. The molecule has 13 heteroatoms. The van der Waals surface area contributed by atoms with Gasteiger partial charge in [0.2, 0.25) is 0 Å². The van der Waals surface area contributed by atoms with Gasteiger partial charge in [-0.3, -0.25) is 19.9 Å². The first-order chi connectivity index (χ1) is 25.4. The lowest BCUT2D eigenvalue weighted by Crippen LogP contribution is -2.46. The van der Waals surface area contributed by atoms with Gasteiger partial charge in [-0.1, -0.05) is 71.4 Å². The van der Waals surface area contributed by atoms with Crippen LogP contribution < -0.4 is 20.4 Å². The number of hydrogen-bond acceptors (Lipinski definition) is 10. The van der Waals surface area contributed by atoms with E-state index < -0.39 is 10.0 Å². The lowest BCUT2D eigenvalue weighted by molar-refractivity contribution is 0.250. The van der Waals surface area contributed by atoms with E-state index in [1.54, 1.807) is 23.9 Å². The van der Waals surface area contributed by atoms with Crippen molar-refractivity contribution in [2.24, 2.45) is 0 Å². The smallest absolute Gasteiger partial charge is 0.263 e. The molecule has 0 aliphatic carbocycles. The number of nitrogens with one attached hydrogen (secondary N) is 3. The van der Waals surface area contributed by atoms with E-state index in [4.69, 9.17) is 21.0 Å². The number of thioether (sulfide) groups is 1. The first-order valence-electron chi connectivity index (χ1n) is 16.9. The SMILES string of the molecule is CONc1cc(S(=O)(=O)Nc2noc3cc(N4CCN(Cc5ccccc5-c5ccc(Cl)cc5)CC4)ccc23)ccc1NCCSc1ccccc1. The summed E-state index contributed by atoms with van der Waals surface area (Å²) in [4.78, 5) is 11.2. The maximum absolute atomic E-state index is 13.5. The number of sulfonamides is 1. The van der Waals surface area contributed by atoms with Crippen LogP contribution in [0.1, 0.15) is 5.56 Å². The Morgan fingerprint density at radius 3 is 2.42 bits per heavy atom. The Balaban J connectivity index is 0.973. The topological polar surface area (TPSA) is 112 Å². The predicted molar refractivity (Wildman–Crippen MR) is 212 cm³/mol. The molecule has 0 unspecified atom stereocenters. The molecule has 0 atom stereocenters. The number of piperazine rings is 1. The molecule has 1 saturated heterocycles. The number of nitrogens with zero attached hydrogens (tertiary/aromatic N) is 3. The zero-order chi connectivity index (χ0) is 35.9. The largest absolute Gasteiger partial charge is 0.382 e. The fraction of sp³-hybridized carbons (Fsp3) is 0.205. The molecule has 0 radical (unpaired) electrons. The summed E-state index contributed by atoms with van der Waals surface area (Å²) >= 11 is 7.86. The molecule has 6 aromatic rings. The zero-order valence-corrected chi connectivity index (χ0v) is 31.0. The van der Waals surface area contributed by atoms with Gasteiger partial charge in [0.1, 0.15) is 0 Å². The van der Waals surface area contributed by atoms with Gasteiger partial charge in [0.05, 0.1) is 28.8 Å². The van der Waals surface area contributed by atoms with Gasteiger partial charge in [0.15, 0.2) is 11.4 Å². The van der Waals surface area contributed by atoms with Crippen molar-refractivity contribution in [1.82, 2.24) is 10.1 Å². The Hall–Kier alpha value is -4.72. The summed E-state index contributed by atoms with van der Waals surface area (Å²) in [7, 11) is -2.52. The van der Waals surface area contributed by atoms with Crippen LogP contribution in [0.3, 0.4) is 0 Å². The predicted octanol–water partition coefficient (Wildman–Crippen LogP) is 8.45. The second-order valence-corrected chi connectivity index (χ2v) is 15.6. The van der Waals surface area contributed by atoms with Crippen molar-refractivity contribution < 1.29 is 17.8 Å². The molecule has 1 aromatic heterocycles. The summed E-state index contributed by atoms with van der Waals surface area (Å²) in [5.41, 5.74) is 9.17. The van der Waals surface area contributed by atoms with E-state index >= 15 is 0 Å². The fourth-order valence-electron chi connectivity index (χ4n) is 6.27. The van der Waals surface area contributed by atoms with Gasteiger partial charge >= 0.3 is 0 Å². The highest BCUT2D eigenvalue weighted by Gasteiger charge is 2.23. The van der Waals surface area contributed by atoms with E-state index in [1.165, 1.54) is 29.2 Å². The number of fused-ring (bicyclic) bond motifs is 1. The van der Waals surface area contributed by atoms with Gasteiger partial charge in [-0.05, 0) is 71.3 Å². The number of halogens is 1. The zero-order valence-electron chi connectivity index (χ0n) is 28.6. The standard InChI is InChI=1S/C39H39ClN6O4S2/c1-49-42-37-26-33(16-18-36(37)41-19-24-51-32-8-3-2-4-9-32)52(47,48)44-39-35-17-15-31(25-38(35)50-43-39)46-22-20-45(21-23-46)27-29-7-5-6-10-34(29)28-11-13-30(40)14-12-28/h2-18,25-26,41-42H,19-24,27H2,1H3,(H,43,44). The van der Waals surface area contributed by atoms with Crippen LogP contribution in [0.5, 0.6) is 0 Å². The van der Waals surface area contributed by atoms with Crippen LogP contribution in [-0.4, -0.2) is 64.1 Å². The maximum Gasteiger partial charge on any atom is 0.263 e. The molecule has 3 N–H and O–H groups in total. The molecular weight excluding hydrogens is 716 g/mol. The van der Waals surface area contributed by atoms with Crippen molar-refractivity contribution in [1.29, 1.82) is 0 Å². The van der Waals surface area contributed by atoms with Crippen LogP contribution in [0.4, 0.5) is 22.9 Å². The fourth-order valence-corrected chi connectivity index (χ4v) is 8.22. The Labute approximate surface area is 313 Å². The molecular formula is C39H39ClN6O4S2. The number of anilines is 4. The highest BCUT2D eigenvalue weighted by Crippen LogP contribution is 2.32. The Bertz CT molecular complexity index is 2230. The van der Waals surface area contributed by atoms with Gasteiger partial charge in [0, 0.05) is 66.7 Å². The van der Waals surface area contributed by atoms with E-state index in [0.29, 0.717) is 23.2 Å². The lowest BCUT2D eigenvalue weighted by Gasteiger charge is -2.36. The monoisotopic (exact) mass is 754 g/mol. The normalized spacial score (nSPS) is 13.7. The third-order valence-corrected chi connectivity index (χ3v) is 11.5. The quantitative estimate of drug-likeness (QED) is 0.0569. The van der Waals surface area contributed by atoms with Gasteiger partial charge in [-0.2, -0.15) is 0 Å². The third-order valence-electron chi connectivity index (χ3n) is 8.93. The van der Waals surface area contributed by atoms with E-state index in [0.717, 1.165) is 60.4 Å². The van der Waals surface area contributed by atoms with E-state index in [-0.39, 0.29) is 10.7 Å². The second kappa shape index (κ2) is 16.3. The summed E-state index contributed by atoms with van der Waals surface area (Å²) in [6.07, 6.45) is 0. The molecule has 1 fully saturated rings. The minimum absolute atomic E-state index is 0.0534.